The Morgan fingerprint density at radius 1 is 0.957 bits per heavy atom. The maximum absolute atomic E-state index is 11.3. The van der Waals surface area contributed by atoms with E-state index in [1.54, 1.807) is 0 Å². The summed E-state index contributed by atoms with van der Waals surface area (Å²) in [6.45, 7) is 1.75. The van der Waals surface area contributed by atoms with Gasteiger partial charge in [-0.25, -0.2) is 0 Å². The molecule has 0 spiro atoms. The number of unbranched alkanes of at least 4 members (excludes halogenated alkanes) is 9. The van der Waals surface area contributed by atoms with Crippen LogP contribution in [0.5, 0.6) is 0 Å². The number of esters is 1. The molecular weight excluding hydrogens is 292 g/mol. The van der Waals surface area contributed by atoms with Gasteiger partial charge in [0, 0.05) is 6.42 Å². The van der Waals surface area contributed by atoms with Gasteiger partial charge in [0.1, 0.15) is 12.7 Å². The molecule has 1 unspecified atom stereocenters. The smallest absolute Gasteiger partial charge is 0.305 e. The number of rotatable bonds is 16. The van der Waals surface area contributed by atoms with E-state index in [4.69, 9.17) is 14.9 Å². The number of carbonyl (C=O) groups excluding carboxylic acids is 1. The van der Waals surface area contributed by atoms with Gasteiger partial charge in [0.2, 0.25) is 0 Å². The van der Waals surface area contributed by atoms with Gasteiger partial charge in [-0.2, -0.15) is 0 Å². The molecule has 4 heteroatoms. The first-order valence-electron chi connectivity index (χ1n) is 9.30. The second-order valence-electron chi connectivity index (χ2n) is 6.15. The molecule has 0 amide bonds. The summed E-state index contributed by atoms with van der Waals surface area (Å²) < 4.78 is 4.84. The monoisotopic (exact) mass is 328 g/mol. The van der Waals surface area contributed by atoms with Crippen molar-refractivity contribution in [1.29, 1.82) is 0 Å². The van der Waals surface area contributed by atoms with Crippen molar-refractivity contribution < 1.29 is 19.7 Å². The molecule has 0 saturated carbocycles. The minimum absolute atomic E-state index is 0.115. The van der Waals surface area contributed by atoms with Crippen LogP contribution in [0.4, 0.5) is 0 Å². The summed E-state index contributed by atoms with van der Waals surface area (Å²) in [7, 11) is 0. The van der Waals surface area contributed by atoms with E-state index in [-0.39, 0.29) is 19.2 Å². The fraction of sp³-hybridized carbons (Fsp3) is 0.842. The predicted molar refractivity (Wildman–Crippen MR) is 94.3 cm³/mol. The molecule has 2 N–H and O–H groups in total. The van der Waals surface area contributed by atoms with Crippen molar-refractivity contribution in [2.24, 2.45) is 0 Å². The van der Waals surface area contributed by atoms with E-state index in [0.29, 0.717) is 6.42 Å². The lowest BCUT2D eigenvalue weighted by molar-refractivity contribution is -0.147. The zero-order valence-electron chi connectivity index (χ0n) is 14.8. The molecule has 1 atom stereocenters. The minimum Gasteiger partial charge on any atom is -0.463 e. The van der Waals surface area contributed by atoms with Crippen LogP contribution in [-0.2, 0) is 9.53 Å². The van der Waals surface area contributed by atoms with E-state index in [0.717, 1.165) is 25.7 Å². The van der Waals surface area contributed by atoms with Crippen LogP contribution in [0.15, 0.2) is 12.2 Å². The molecule has 0 heterocycles. The molecule has 0 aliphatic heterocycles. The Balaban J connectivity index is 3.25. The summed E-state index contributed by atoms with van der Waals surface area (Å²) in [4.78, 5) is 11.3. The average molecular weight is 328 g/mol. The first kappa shape index (κ1) is 22.1. The number of allylic oxidation sites excluding steroid dienone is 2. The third-order valence-corrected chi connectivity index (χ3v) is 3.79. The topological polar surface area (TPSA) is 66.8 Å². The second kappa shape index (κ2) is 17.5. The SMILES string of the molecule is CCCCCCCC/C=C\CCCCCC(=O)OCC(O)CO. The van der Waals surface area contributed by atoms with Crippen LogP contribution in [0.2, 0.25) is 0 Å². The van der Waals surface area contributed by atoms with Gasteiger partial charge in [0.15, 0.2) is 0 Å². The third-order valence-electron chi connectivity index (χ3n) is 3.79. The highest BCUT2D eigenvalue weighted by Crippen LogP contribution is 2.09. The van der Waals surface area contributed by atoms with Crippen molar-refractivity contribution in [2.45, 2.75) is 90.1 Å². The fourth-order valence-electron chi connectivity index (χ4n) is 2.30. The van der Waals surface area contributed by atoms with Gasteiger partial charge in [-0.3, -0.25) is 4.79 Å². The van der Waals surface area contributed by atoms with Crippen LogP contribution in [0.25, 0.3) is 0 Å². The molecule has 0 aromatic rings. The highest BCUT2D eigenvalue weighted by Gasteiger charge is 2.07. The van der Waals surface area contributed by atoms with Crippen LogP contribution >= 0.6 is 0 Å². The molecule has 0 fully saturated rings. The molecule has 0 rings (SSSR count). The number of aliphatic hydroxyl groups excluding tert-OH is 2. The predicted octanol–water partition coefficient (Wildman–Crippen LogP) is 4.14. The third kappa shape index (κ3) is 17.3. The molecule has 0 aliphatic rings. The number of aliphatic hydroxyl groups is 2. The number of hydrogen-bond donors (Lipinski definition) is 2. The van der Waals surface area contributed by atoms with Crippen LogP contribution in [-0.4, -0.2) is 35.5 Å². The highest BCUT2D eigenvalue weighted by molar-refractivity contribution is 5.69. The van der Waals surface area contributed by atoms with E-state index in [1.165, 1.54) is 44.9 Å². The lowest BCUT2D eigenvalue weighted by Gasteiger charge is -2.08. The Morgan fingerprint density at radius 2 is 1.52 bits per heavy atom. The van der Waals surface area contributed by atoms with E-state index in [1.807, 2.05) is 0 Å². The summed E-state index contributed by atoms with van der Waals surface area (Å²) in [6, 6.07) is 0. The summed E-state index contributed by atoms with van der Waals surface area (Å²) >= 11 is 0. The van der Waals surface area contributed by atoms with Gasteiger partial charge in [0.25, 0.3) is 0 Å². The molecule has 0 saturated heterocycles. The molecular formula is C19H36O4. The van der Waals surface area contributed by atoms with Crippen molar-refractivity contribution in [2.75, 3.05) is 13.2 Å². The normalized spacial score (nSPS) is 12.7. The Hall–Kier alpha value is -0.870. The summed E-state index contributed by atoms with van der Waals surface area (Å²) in [5.74, 6) is -0.295. The maximum Gasteiger partial charge on any atom is 0.305 e. The molecule has 0 aromatic heterocycles. The van der Waals surface area contributed by atoms with E-state index < -0.39 is 6.10 Å². The van der Waals surface area contributed by atoms with Crippen LogP contribution in [0, 0.1) is 0 Å². The summed E-state index contributed by atoms with van der Waals surface area (Å²) in [5, 5.41) is 17.7. The number of carbonyl (C=O) groups is 1. The van der Waals surface area contributed by atoms with Gasteiger partial charge >= 0.3 is 5.97 Å². The second-order valence-corrected chi connectivity index (χ2v) is 6.15. The van der Waals surface area contributed by atoms with Crippen molar-refractivity contribution in [1.82, 2.24) is 0 Å². The average Bonchev–Trinajstić information content (AvgIpc) is 2.56. The molecule has 136 valence electrons. The van der Waals surface area contributed by atoms with Gasteiger partial charge in [-0.1, -0.05) is 57.6 Å². The van der Waals surface area contributed by atoms with Gasteiger partial charge in [0.05, 0.1) is 6.61 Å². The van der Waals surface area contributed by atoms with Gasteiger partial charge < -0.3 is 14.9 Å². The van der Waals surface area contributed by atoms with Crippen LogP contribution in [0.1, 0.15) is 84.0 Å². The zero-order valence-corrected chi connectivity index (χ0v) is 14.8. The first-order valence-corrected chi connectivity index (χ1v) is 9.30. The van der Waals surface area contributed by atoms with Crippen molar-refractivity contribution in [3.63, 3.8) is 0 Å². The van der Waals surface area contributed by atoms with E-state index in [9.17, 15) is 4.79 Å². The van der Waals surface area contributed by atoms with Crippen molar-refractivity contribution in [3.05, 3.63) is 12.2 Å². The number of ether oxygens (including phenoxy) is 1. The van der Waals surface area contributed by atoms with Crippen molar-refractivity contribution >= 4 is 5.97 Å². The largest absolute Gasteiger partial charge is 0.463 e. The quantitative estimate of drug-likeness (QED) is 0.254. The lowest BCUT2D eigenvalue weighted by atomic mass is 10.1. The van der Waals surface area contributed by atoms with E-state index in [2.05, 4.69) is 19.1 Å². The van der Waals surface area contributed by atoms with Crippen LogP contribution in [0.3, 0.4) is 0 Å². The highest BCUT2D eigenvalue weighted by atomic mass is 16.5. The fourth-order valence-corrected chi connectivity index (χ4v) is 2.30. The Kier molecular flexibility index (Phi) is 16.8. The lowest BCUT2D eigenvalue weighted by Crippen LogP contribution is -2.21. The minimum atomic E-state index is -0.962. The summed E-state index contributed by atoms with van der Waals surface area (Å²) in [6.07, 6.45) is 17.2. The molecule has 0 bridgehead atoms. The number of hydrogen-bond acceptors (Lipinski definition) is 4. The molecule has 0 aliphatic carbocycles. The molecule has 4 nitrogen and oxygen atoms in total. The Morgan fingerprint density at radius 3 is 2.13 bits per heavy atom. The summed E-state index contributed by atoms with van der Waals surface area (Å²) in [5.41, 5.74) is 0. The van der Waals surface area contributed by atoms with Crippen molar-refractivity contribution in [3.8, 4) is 0 Å². The van der Waals surface area contributed by atoms with Gasteiger partial charge in [-0.05, 0) is 32.1 Å². The van der Waals surface area contributed by atoms with E-state index >= 15 is 0 Å². The standard InChI is InChI=1S/C19H36O4/c1-2-3-4-5-6-7-8-9-10-11-12-13-14-15-19(22)23-17-18(21)16-20/h9-10,18,20-21H,2-8,11-17H2,1H3/b10-9-. The molecule has 0 aromatic carbocycles. The van der Waals surface area contributed by atoms with Gasteiger partial charge in [-0.15, -0.1) is 0 Å². The molecule has 23 heavy (non-hydrogen) atoms. The first-order chi connectivity index (χ1) is 11.2. The Bertz CT molecular complexity index is 289. The molecule has 0 radical (unpaired) electrons. The maximum atomic E-state index is 11.3. The van der Waals surface area contributed by atoms with Crippen LogP contribution < -0.4 is 0 Å². The Labute approximate surface area is 141 Å². The zero-order chi connectivity index (χ0) is 17.2.